The first kappa shape index (κ1) is 15.4. The van der Waals surface area contributed by atoms with Crippen LogP contribution in [0.3, 0.4) is 0 Å². The molecule has 1 N–H and O–H groups in total. The van der Waals surface area contributed by atoms with Gasteiger partial charge in [-0.2, -0.15) is 0 Å². The number of hydrogen-bond acceptors (Lipinski definition) is 3. The summed E-state index contributed by atoms with van der Waals surface area (Å²) in [6, 6.07) is 5.89. The molecule has 1 saturated carbocycles. The van der Waals surface area contributed by atoms with E-state index in [1.165, 1.54) is 19.3 Å². The van der Waals surface area contributed by atoms with Crippen LogP contribution in [0.1, 0.15) is 38.2 Å². The Morgan fingerprint density at radius 1 is 1.40 bits per heavy atom. The zero-order valence-corrected chi connectivity index (χ0v) is 13.4. The molecule has 110 valence electrons. The average Bonchev–Trinajstić information content (AvgIpc) is 2.43. The molecule has 0 spiro atoms. The fourth-order valence-electron chi connectivity index (χ4n) is 3.14. The molecule has 0 aromatic heterocycles. The minimum absolute atomic E-state index is 0.236. The van der Waals surface area contributed by atoms with Crippen molar-refractivity contribution in [2.45, 2.75) is 45.1 Å². The normalized spacial score (nSPS) is 22.7. The Morgan fingerprint density at radius 3 is 2.85 bits per heavy atom. The highest BCUT2D eigenvalue weighted by Crippen LogP contribution is 2.31. The second-order valence-electron chi connectivity index (χ2n) is 5.44. The molecule has 1 aliphatic carbocycles. The van der Waals surface area contributed by atoms with Crippen LogP contribution in [0.15, 0.2) is 22.7 Å². The summed E-state index contributed by atoms with van der Waals surface area (Å²) in [6.07, 6.45) is 5.63. The quantitative estimate of drug-likeness (QED) is 0.649. The van der Waals surface area contributed by atoms with Gasteiger partial charge in [0.1, 0.15) is 0 Å². The van der Waals surface area contributed by atoms with Gasteiger partial charge in [-0.1, -0.05) is 41.8 Å². The summed E-state index contributed by atoms with van der Waals surface area (Å²) in [6.45, 7) is 3.08. The molecule has 2 atom stereocenters. The zero-order chi connectivity index (χ0) is 14.5. The summed E-state index contributed by atoms with van der Waals surface area (Å²) < 4.78 is 0.764. The smallest absolute Gasteiger partial charge is 0.273 e. The number of nitro benzene ring substituents is 1. The average molecular weight is 341 g/mol. The second kappa shape index (κ2) is 7.18. The molecule has 0 heterocycles. The summed E-state index contributed by atoms with van der Waals surface area (Å²) in [5, 5.41) is 14.7. The second-order valence-corrected chi connectivity index (χ2v) is 6.36. The monoisotopic (exact) mass is 340 g/mol. The van der Waals surface area contributed by atoms with E-state index < -0.39 is 0 Å². The van der Waals surface area contributed by atoms with Crippen LogP contribution in [0.2, 0.25) is 0 Å². The van der Waals surface area contributed by atoms with Gasteiger partial charge in [-0.15, -0.1) is 0 Å². The maximum Gasteiger partial charge on any atom is 0.273 e. The van der Waals surface area contributed by atoms with Crippen LogP contribution in [0.5, 0.6) is 0 Å². The van der Waals surface area contributed by atoms with Crippen LogP contribution in [0.4, 0.5) is 5.69 Å². The maximum atomic E-state index is 11.2. The highest BCUT2D eigenvalue weighted by atomic mass is 79.9. The summed E-state index contributed by atoms with van der Waals surface area (Å²) in [7, 11) is 0. The van der Waals surface area contributed by atoms with E-state index in [0.29, 0.717) is 12.0 Å². The summed E-state index contributed by atoms with van der Waals surface area (Å²) in [5.74, 6) is 0.503. The molecule has 1 aromatic carbocycles. The van der Waals surface area contributed by atoms with Gasteiger partial charge in [0.05, 0.1) is 4.92 Å². The molecule has 0 aliphatic heterocycles. The Labute approximate surface area is 128 Å². The third-order valence-corrected chi connectivity index (χ3v) is 4.59. The van der Waals surface area contributed by atoms with E-state index in [4.69, 9.17) is 0 Å². The van der Waals surface area contributed by atoms with Crippen molar-refractivity contribution in [1.82, 2.24) is 5.32 Å². The highest BCUT2D eigenvalue weighted by Gasteiger charge is 2.27. The Bertz CT molecular complexity index is 477. The van der Waals surface area contributed by atoms with Gasteiger partial charge in [-0.05, 0) is 37.8 Å². The maximum absolute atomic E-state index is 11.2. The van der Waals surface area contributed by atoms with Gasteiger partial charge in [0.2, 0.25) is 0 Å². The van der Waals surface area contributed by atoms with Gasteiger partial charge in [0, 0.05) is 22.1 Å². The topological polar surface area (TPSA) is 55.2 Å². The summed E-state index contributed by atoms with van der Waals surface area (Å²) >= 11 is 3.31. The Kier molecular flexibility index (Phi) is 5.54. The van der Waals surface area contributed by atoms with Crippen LogP contribution in [0, 0.1) is 16.0 Å². The fraction of sp³-hybridized carbons (Fsp3) is 0.600. The van der Waals surface area contributed by atoms with Gasteiger partial charge in [0.25, 0.3) is 5.69 Å². The number of nitrogens with one attached hydrogen (secondary N) is 1. The van der Waals surface area contributed by atoms with Crippen molar-refractivity contribution < 1.29 is 4.92 Å². The predicted octanol–water partition coefficient (Wildman–Crippen LogP) is 4.07. The van der Waals surface area contributed by atoms with Crippen molar-refractivity contribution in [2.24, 2.45) is 5.92 Å². The van der Waals surface area contributed by atoms with Crippen LogP contribution in [-0.2, 0) is 6.42 Å². The largest absolute Gasteiger partial charge is 0.314 e. The molecule has 2 unspecified atom stereocenters. The lowest BCUT2D eigenvalue weighted by Crippen LogP contribution is -2.39. The summed E-state index contributed by atoms with van der Waals surface area (Å²) in [5.41, 5.74) is 1.09. The van der Waals surface area contributed by atoms with E-state index in [1.54, 1.807) is 6.07 Å². The van der Waals surface area contributed by atoms with Gasteiger partial charge in [-0.25, -0.2) is 0 Å². The van der Waals surface area contributed by atoms with E-state index in [1.807, 2.05) is 12.1 Å². The summed E-state index contributed by atoms with van der Waals surface area (Å²) in [4.78, 5) is 10.9. The standard InChI is InChI=1S/C15H21BrN2O2/c1-2-17-14-6-4-3-5-11(14)9-12-7-8-13(16)10-15(12)18(19)20/h7-8,10-11,14,17H,2-6,9H2,1H3. The van der Waals surface area contributed by atoms with Crippen molar-refractivity contribution in [3.05, 3.63) is 38.3 Å². The van der Waals surface area contributed by atoms with Crippen LogP contribution in [-0.4, -0.2) is 17.5 Å². The highest BCUT2D eigenvalue weighted by molar-refractivity contribution is 9.10. The number of nitrogens with zero attached hydrogens (tertiary/aromatic N) is 1. The molecular weight excluding hydrogens is 320 g/mol. The van der Waals surface area contributed by atoms with Gasteiger partial charge >= 0.3 is 0 Å². The first-order valence-corrected chi connectivity index (χ1v) is 8.07. The van der Waals surface area contributed by atoms with Crippen LogP contribution >= 0.6 is 15.9 Å². The zero-order valence-electron chi connectivity index (χ0n) is 11.8. The SMILES string of the molecule is CCNC1CCCCC1Cc1ccc(Br)cc1[N+](=O)[O-]. The van der Waals surface area contributed by atoms with Crippen LogP contribution < -0.4 is 5.32 Å². The molecule has 0 amide bonds. The van der Waals surface area contributed by atoms with Crippen molar-refractivity contribution >= 4 is 21.6 Å². The minimum Gasteiger partial charge on any atom is -0.314 e. The number of nitro groups is 1. The number of halogens is 1. The van der Waals surface area contributed by atoms with Crippen molar-refractivity contribution in [1.29, 1.82) is 0 Å². The molecule has 0 saturated heterocycles. The Balaban J connectivity index is 2.17. The van der Waals surface area contributed by atoms with Gasteiger partial charge in [-0.3, -0.25) is 10.1 Å². The Hall–Kier alpha value is -0.940. The van der Waals surface area contributed by atoms with E-state index in [0.717, 1.165) is 29.4 Å². The molecule has 20 heavy (non-hydrogen) atoms. The van der Waals surface area contributed by atoms with Gasteiger partial charge < -0.3 is 5.32 Å². The minimum atomic E-state index is -0.273. The van der Waals surface area contributed by atoms with E-state index in [-0.39, 0.29) is 10.6 Å². The van der Waals surface area contributed by atoms with Gasteiger partial charge in [0.15, 0.2) is 0 Å². The predicted molar refractivity (Wildman–Crippen MR) is 83.9 cm³/mol. The molecule has 4 nitrogen and oxygen atoms in total. The first-order valence-electron chi connectivity index (χ1n) is 7.28. The molecule has 1 fully saturated rings. The molecular formula is C15H21BrN2O2. The molecule has 1 aromatic rings. The fourth-order valence-corrected chi connectivity index (χ4v) is 3.49. The molecule has 1 aliphatic rings. The number of hydrogen-bond donors (Lipinski definition) is 1. The van der Waals surface area contributed by atoms with E-state index >= 15 is 0 Å². The Morgan fingerprint density at radius 2 is 2.15 bits per heavy atom. The first-order chi connectivity index (χ1) is 9.61. The third-order valence-electron chi connectivity index (χ3n) is 4.10. The van der Waals surface area contributed by atoms with Crippen molar-refractivity contribution in [3.8, 4) is 0 Å². The lowest BCUT2D eigenvalue weighted by molar-refractivity contribution is -0.385. The van der Waals surface area contributed by atoms with Crippen molar-refractivity contribution in [3.63, 3.8) is 0 Å². The molecule has 5 heteroatoms. The van der Waals surface area contributed by atoms with E-state index in [2.05, 4.69) is 28.2 Å². The number of benzene rings is 1. The molecule has 0 radical (unpaired) electrons. The lowest BCUT2D eigenvalue weighted by Gasteiger charge is -2.32. The van der Waals surface area contributed by atoms with Crippen molar-refractivity contribution in [2.75, 3.05) is 6.54 Å². The van der Waals surface area contributed by atoms with E-state index in [9.17, 15) is 10.1 Å². The lowest BCUT2D eigenvalue weighted by atomic mass is 9.80. The third kappa shape index (κ3) is 3.79. The number of rotatable bonds is 5. The molecule has 0 bridgehead atoms. The van der Waals surface area contributed by atoms with Crippen LogP contribution in [0.25, 0.3) is 0 Å². The molecule has 2 rings (SSSR count).